The predicted molar refractivity (Wildman–Crippen MR) is 102 cm³/mol. The van der Waals surface area contributed by atoms with Crippen LogP contribution in [0.25, 0.3) is 0 Å². The third-order valence-corrected chi connectivity index (χ3v) is 5.85. The molecule has 0 radical (unpaired) electrons. The lowest BCUT2D eigenvalue weighted by atomic mass is 9.80. The van der Waals surface area contributed by atoms with E-state index in [1.54, 1.807) is 30.3 Å². The molecular weight excluding hydrogens is 338 g/mol. The van der Waals surface area contributed by atoms with Crippen LogP contribution >= 0.6 is 0 Å². The van der Waals surface area contributed by atoms with Crippen LogP contribution in [0.2, 0.25) is 0 Å². The molecule has 4 unspecified atom stereocenters. The van der Waals surface area contributed by atoms with Crippen molar-refractivity contribution in [2.24, 2.45) is 17.8 Å². The number of benzene rings is 2. The number of ketones is 2. The first-order chi connectivity index (χ1) is 13.0. The molecule has 4 heteroatoms. The summed E-state index contributed by atoms with van der Waals surface area (Å²) in [7, 11) is 0. The van der Waals surface area contributed by atoms with Gasteiger partial charge in [-0.15, -0.1) is 0 Å². The van der Waals surface area contributed by atoms with Gasteiger partial charge in [0.25, 0.3) is 5.91 Å². The van der Waals surface area contributed by atoms with Gasteiger partial charge in [0, 0.05) is 17.4 Å². The maximum absolute atomic E-state index is 13.1. The molecule has 2 aromatic rings. The number of carbonyl (C=O) groups excluding carboxylic acids is 3. The summed E-state index contributed by atoms with van der Waals surface area (Å²) in [6.45, 7) is 4.02. The van der Waals surface area contributed by atoms with E-state index in [0.29, 0.717) is 5.56 Å². The van der Waals surface area contributed by atoms with Crippen LogP contribution in [0, 0.1) is 24.7 Å². The van der Waals surface area contributed by atoms with Crippen molar-refractivity contribution >= 4 is 17.5 Å². The van der Waals surface area contributed by atoms with Gasteiger partial charge in [-0.3, -0.25) is 14.4 Å². The molecule has 2 aliphatic carbocycles. The first-order valence-electron chi connectivity index (χ1n) is 9.20. The maximum Gasteiger partial charge on any atom is 0.255 e. The highest BCUT2D eigenvalue weighted by atomic mass is 16.2. The third kappa shape index (κ3) is 2.81. The molecule has 0 aliphatic heterocycles. The largest absolute Gasteiger partial charge is 0.319 e. The fourth-order valence-electron chi connectivity index (χ4n) is 4.44. The van der Waals surface area contributed by atoms with Crippen LogP contribution < -0.4 is 5.32 Å². The molecule has 2 aromatic carbocycles. The average molecular weight is 359 g/mol. The zero-order valence-corrected chi connectivity index (χ0v) is 15.3. The molecule has 0 heterocycles. The van der Waals surface area contributed by atoms with Crippen molar-refractivity contribution in [2.75, 3.05) is 0 Å². The molecule has 1 fully saturated rings. The van der Waals surface area contributed by atoms with E-state index in [-0.39, 0.29) is 40.9 Å². The minimum atomic E-state index is -0.720. The summed E-state index contributed by atoms with van der Waals surface area (Å²) >= 11 is 0. The fraction of sp³-hybridized carbons (Fsp3) is 0.261. The Bertz CT molecular complexity index is 961. The van der Waals surface area contributed by atoms with E-state index in [9.17, 15) is 14.4 Å². The highest BCUT2D eigenvalue weighted by Crippen LogP contribution is 2.50. The van der Waals surface area contributed by atoms with Gasteiger partial charge < -0.3 is 5.32 Å². The summed E-state index contributed by atoms with van der Waals surface area (Å²) in [5.74, 6) is -1.84. The summed E-state index contributed by atoms with van der Waals surface area (Å²) in [4.78, 5) is 38.4. The van der Waals surface area contributed by atoms with Gasteiger partial charge in [0.2, 0.25) is 0 Å². The Balaban J connectivity index is 1.66. The second-order valence-corrected chi connectivity index (χ2v) is 7.41. The molecule has 0 spiro atoms. The van der Waals surface area contributed by atoms with Gasteiger partial charge in [-0.2, -0.15) is 0 Å². The van der Waals surface area contributed by atoms with Gasteiger partial charge in [-0.1, -0.05) is 49.4 Å². The Hall–Kier alpha value is -3.01. The van der Waals surface area contributed by atoms with E-state index in [2.05, 4.69) is 5.32 Å². The number of hydrogen-bond donors (Lipinski definition) is 1. The van der Waals surface area contributed by atoms with Crippen LogP contribution in [0.15, 0.2) is 66.4 Å². The van der Waals surface area contributed by atoms with Gasteiger partial charge in [0.1, 0.15) is 0 Å². The van der Waals surface area contributed by atoms with Gasteiger partial charge in [-0.05, 0) is 42.2 Å². The molecule has 4 rings (SSSR count). The van der Waals surface area contributed by atoms with E-state index in [0.717, 1.165) is 11.1 Å². The van der Waals surface area contributed by atoms with Crippen LogP contribution in [0.3, 0.4) is 0 Å². The molecule has 136 valence electrons. The van der Waals surface area contributed by atoms with Crippen LogP contribution in [0.5, 0.6) is 0 Å². The van der Waals surface area contributed by atoms with Crippen LogP contribution in [0.1, 0.15) is 34.3 Å². The number of rotatable bonds is 3. The van der Waals surface area contributed by atoms with Crippen molar-refractivity contribution in [3.63, 3.8) is 0 Å². The minimum absolute atomic E-state index is 0.0127. The zero-order chi connectivity index (χ0) is 19.1. The number of carbonyl (C=O) groups is 3. The molecule has 27 heavy (non-hydrogen) atoms. The smallest absolute Gasteiger partial charge is 0.255 e. The molecule has 0 aromatic heterocycles. The summed E-state index contributed by atoms with van der Waals surface area (Å²) in [5, 5.41) is 2.73. The average Bonchev–Trinajstić information content (AvgIpc) is 2.85. The number of Topliss-reactive ketones (excluding diaryl/α,β-unsaturated/α-hetero) is 2. The van der Waals surface area contributed by atoms with E-state index < -0.39 is 5.92 Å². The lowest BCUT2D eigenvalue weighted by Crippen LogP contribution is -2.37. The number of nitrogens with one attached hydrogen (secondary N) is 1. The van der Waals surface area contributed by atoms with Gasteiger partial charge in [0.05, 0.1) is 11.6 Å². The second-order valence-electron chi connectivity index (χ2n) is 7.41. The maximum atomic E-state index is 13.1. The number of hydrogen-bond acceptors (Lipinski definition) is 3. The molecule has 1 N–H and O–H groups in total. The molecule has 4 atom stereocenters. The molecule has 0 saturated heterocycles. The van der Waals surface area contributed by atoms with E-state index in [1.807, 2.05) is 44.2 Å². The molecule has 2 bridgehead atoms. The summed E-state index contributed by atoms with van der Waals surface area (Å²) in [5.41, 5.74) is 2.86. The molecule has 4 nitrogen and oxygen atoms in total. The first-order valence-corrected chi connectivity index (χ1v) is 9.20. The van der Waals surface area contributed by atoms with Crippen molar-refractivity contribution in [3.05, 3.63) is 83.1 Å². The Morgan fingerprint density at radius 2 is 1.63 bits per heavy atom. The van der Waals surface area contributed by atoms with Crippen LogP contribution in [0.4, 0.5) is 0 Å². The number of aryl methyl sites for hydroxylation is 1. The Labute approximate surface area is 158 Å². The topological polar surface area (TPSA) is 63.2 Å². The standard InChI is InChI=1S/C23H21NO3/c1-13-8-6-7-11-16(13)19-14(2)17-12-18(22(26)20(19)21(17)25)24-23(27)15-9-4-3-5-10-15/h3-12,14,17,19-20H,1-2H3,(H,24,27). The molecule has 2 aliphatic rings. The van der Waals surface area contributed by atoms with Crippen LogP contribution in [-0.4, -0.2) is 17.5 Å². The molecule has 1 amide bonds. The third-order valence-electron chi connectivity index (χ3n) is 5.85. The Morgan fingerprint density at radius 1 is 0.963 bits per heavy atom. The van der Waals surface area contributed by atoms with E-state index in [4.69, 9.17) is 0 Å². The Kier molecular flexibility index (Phi) is 4.27. The monoisotopic (exact) mass is 359 g/mol. The predicted octanol–water partition coefficient (Wildman–Crippen LogP) is 3.43. The van der Waals surface area contributed by atoms with Crippen molar-refractivity contribution in [2.45, 2.75) is 19.8 Å². The van der Waals surface area contributed by atoms with E-state index in [1.165, 1.54) is 0 Å². The normalized spacial score (nSPS) is 26.7. The number of fused-ring (bicyclic) bond motifs is 2. The number of allylic oxidation sites excluding steroid dienone is 2. The van der Waals surface area contributed by atoms with Crippen molar-refractivity contribution in [3.8, 4) is 0 Å². The molecule has 1 saturated carbocycles. The summed E-state index contributed by atoms with van der Waals surface area (Å²) < 4.78 is 0. The SMILES string of the molecule is Cc1ccccc1C1C2C(=O)C(NC(=O)c3ccccc3)=CC(C2=O)C1C. The van der Waals surface area contributed by atoms with Crippen LogP contribution in [-0.2, 0) is 9.59 Å². The highest BCUT2D eigenvalue weighted by Gasteiger charge is 2.54. The quantitative estimate of drug-likeness (QED) is 0.854. The summed E-state index contributed by atoms with van der Waals surface area (Å²) in [6.07, 6.45) is 1.66. The minimum Gasteiger partial charge on any atom is -0.319 e. The fourth-order valence-corrected chi connectivity index (χ4v) is 4.44. The van der Waals surface area contributed by atoms with Gasteiger partial charge >= 0.3 is 0 Å². The van der Waals surface area contributed by atoms with E-state index >= 15 is 0 Å². The van der Waals surface area contributed by atoms with Crippen molar-refractivity contribution < 1.29 is 14.4 Å². The van der Waals surface area contributed by atoms with Gasteiger partial charge in [-0.25, -0.2) is 0 Å². The lowest BCUT2D eigenvalue weighted by Gasteiger charge is -2.23. The summed E-state index contributed by atoms with van der Waals surface area (Å²) in [6, 6.07) is 16.7. The second kappa shape index (κ2) is 6.62. The van der Waals surface area contributed by atoms with Gasteiger partial charge in [0.15, 0.2) is 11.6 Å². The van der Waals surface area contributed by atoms with Crippen molar-refractivity contribution in [1.82, 2.24) is 5.32 Å². The lowest BCUT2D eigenvalue weighted by molar-refractivity contribution is -0.131. The highest BCUT2D eigenvalue weighted by molar-refractivity contribution is 6.18. The molecular formula is C23H21NO3. The first kappa shape index (κ1) is 17.4. The zero-order valence-electron chi connectivity index (χ0n) is 15.3. The van der Waals surface area contributed by atoms with Crippen molar-refractivity contribution in [1.29, 1.82) is 0 Å². The Morgan fingerprint density at radius 3 is 2.33 bits per heavy atom. The number of amides is 1.